The number of methoxy groups -OCH3 is 1. The minimum absolute atomic E-state index is 0. The normalized spacial score (nSPS) is 15.6. The number of nitrogens with zero attached hydrogens (tertiary/aromatic N) is 1. The highest BCUT2D eigenvalue weighted by molar-refractivity contribution is 14.0. The number of hydrogen-bond donors (Lipinski definition) is 2. The van der Waals surface area contributed by atoms with Gasteiger partial charge in [0, 0.05) is 32.8 Å². The van der Waals surface area contributed by atoms with E-state index >= 15 is 0 Å². The summed E-state index contributed by atoms with van der Waals surface area (Å²) in [5.41, 5.74) is 0.916. The molecule has 0 amide bonds. The van der Waals surface area contributed by atoms with Gasteiger partial charge in [0.1, 0.15) is 5.75 Å². The summed E-state index contributed by atoms with van der Waals surface area (Å²) in [6.45, 7) is 5.44. The molecule has 2 rings (SSSR count). The van der Waals surface area contributed by atoms with Crippen molar-refractivity contribution >= 4 is 29.9 Å². The summed E-state index contributed by atoms with van der Waals surface area (Å²) in [7, 11) is 3.49. The Morgan fingerprint density at radius 1 is 1.20 bits per heavy atom. The summed E-state index contributed by atoms with van der Waals surface area (Å²) in [6, 6.07) is 8.23. The lowest BCUT2D eigenvalue weighted by Gasteiger charge is -2.24. The molecule has 1 fully saturated rings. The van der Waals surface area contributed by atoms with Crippen LogP contribution in [0.5, 0.6) is 5.75 Å². The topological polar surface area (TPSA) is 54.9 Å². The molecule has 25 heavy (non-hydrogen) atoms. The lowest BCUT2D eigenvalue weighted by Crippen LogP contribution is -2.45. The number of nitrogens with one attached hydrogen (secondary N) is 2. The predicted octanol–water partition coefficient (Wildman–Crippen LogP) is 3.72. The van der Waals surface area contributed by atoms with Crippen LogP contribution in [-0.4, -0.2) is 38.4 Å². The van der Waals surface area contributed by atoms with Crippen LogP contribution in [-0.2, 0) is 11.3 Å². The first kappa shape index (κ1) is 22.0. The quantitative estimate of drug-likeness (QED) is 0.369. The Labute approximate surface area is 169 Å². The molecule has 1 aromatic rings. The molecule has 0 aliphatic heterocycles. The van der Waals surface area contributed by atoms with Crippen molar-refractivity contribution < 1.29 is 9.47 Å². The first-order valence-electron chi connectivity index (χ1n) is 8.78. The number of guanidine groups is 1. The van der Waals surface area contributed by atoms with Crippen molar-refractivity contribution in [3.05, 3.63) is 29.8 Å². The monoisotopic (exact) mass is 461 g/mol. The molecule has 1 aromatic carbocycles. The van der Waals surface area contributed by atoms with Crippen LogP contribution < -0.4 is 15.4 Å². The molecule has 1 aliphatic carbocycles. The zero-order valence-corrected chi connectivity index (χ0v) is 18.1. The molecule has 6 heteroatoms. The van der Waals surface area contributed by atoms with E-state index in [1.165, 1.54) is 12.8 Å². The van der Waals surface area contributed by atoms with E-state index in [0.717, 1.165) is 30.1 Å². The second-order valence-corrected chi connectivity index (χ2v) is 6.88. The second kappa shape index (κ2) is 10.9. The molecule has 0 aromatic heterocycles. The van der Waals surface area contributed by atoms with E-state index in [1.807, 2.05) is 26.0 Å². The maximum Gasteiger partial charge on any atom is 0.191 e. The summed E-state index contributed by atoms with van der Waals surface area (Å²) < 4.78 is 11.6. The summed E-state index contributed by atoms with van der Waals surface area (Å²) in [5, 5.41) is 6.65. The zero-order chi connectivity index (χ0) is 17.4. The lowest BCUT2D eigenvalue weighted by molar-refractivity contribution is 0.0268. The zero-order valence-electron chi connectivity index (χ0n) is 15.8. The van der Waals surface area contributed by atoms with Gasteiger partial charge in [0.05, 0.1) is 11.7 Å². The van der Waals surface area contributed by atoms with E-state index in [9.17, 15) is 0 Å². The molecule has 0 radical (unpaired) electrons. The van der Waals surface area contributed by atoms with Crippen LogP contribution in [0.3, 0.4) is 0 Å². The van der Waals surface area contributed by atoms with Crippen molar-refractivity contribution in [1.29, 1.82) is 0 Å². The molecule has 142 valence electrons. The van der Waals surface area contributed by atoms with Crippen LogP contribution in [0.2, 0.25) is 0 Å². The van der Waals surface area contributed by atoms with Crippen molar-refractivity contribution in [3.63, 3.8) is 0 Å². The summed E-state index contributed by atoms with van der Waals surface area (Å²) >= 11 is 0. The Bertz CT molecular complexity index is 543. The standard InChI is InChI=1S/C19H31N3O2.HI/c1-19(2,23-4)14-22-18(20-3)21-13-15-9-5-8-12-17(15)24-16-10-6-7-11-16;/h5,8-9,12,16H,6-7,10-11,13-14H2,1-4H3,(H2,20,21,22);1H. The van der Waals surface area contributed by atoms with Crippen molar-refractivity contribution in [2.24, 2.45) is 4.99 Å². The Kier molecular flexibility index (Phi) is 9.56. The van der Waals surface area contributed by atoms with Crippen LogP contribution in [0.1, 0.15) is 45.1 Å². The Morgan fingerprint density at radius 2 is 1.88 bits per heavy atom. The first-order valence-corrected chi connectivity index (χ1v) is 8.78. The number of halogens is 1. The first-order chi connectivity index (χ1) is 11.5. The third-order valence-corrected chi connectivity index (χ3v) is 4.47. The molecule has 0 bridgehead atoms. The van der Waals surface area contributed by atoms with Crippen molar-refractivity contribution in [2.75, 3.05) is 20.7 Å². The number of benzene rings is 1. The Balaban J connectivity index is 0.00000312. The van der Waals surface area contributed by atoms with Gasteiger partial charge in [-0.2, -0.15) is 0 Å². The fraction of sp³-hybridized carbons (Fsp3) is 0.632. The lowest BCUT2D eigenvalue weighted by atomic mass is 10.1. The number of aliphatic imine (C=N–C) groups is 1. The molecule has 0 spiro atoms. The fourth-order valence-electron chi connectivity index (χ4n) is 2.72. The number of rotatable bonds is 7. The van der Waals surface area contributed by atoms with Gasteiger partial charge in [0.2, 0.25) is 0 Å². The average Bonchev–Trinajstić information content (AvgIpc) is 3.09. The van der Waals surface area contributed by atoms with Crippen LogP contribution >= 0.6 is 24.0 Å². The van der Waals surface area contributed by atoms with Crippen LogP contribution in [0, 0.1) is 0 Å². The molecule has 0 saturated heterocycles. The van der Waals surface area contributed by atoms with Gasteiger partial charge in [0.15, 0.2) is 5.96 Å². The van der Waals surface area contributed by atoms with Crippen LogP contribution in [0.25, 0.3) is 0 Å². The molecule has 0 atom stereocenters. The average molecular weight is 461 g/mol. The van der Waals surface area contributed by atoms with Gasteiger partial charge in [-0.3, -0.25) is 4.99 Å². The van der Waals surface area contributed by atoms with E-state index in [1.54, 1.807) is 14.2 Å². The van der Waals surface area contributed by atoms with Gasteiger partial charge in [0.25, 0.3) is 0 Å². The largest absolute Gasteiger partial charge is 0.490 e. The Hall–Kier alpha value is -1.02. The minimum Gasteiger partial charge on any atom is -0.490 e. The number of hydrogen-bond acceptors (Lipinski definition) is 3. The van der Waals surface area contributed by atoms with E-state index in [2.05, 4.69) is 27.8 Å². The smallest absolute Gasteiger partial charge is 0.191 e. The van der Waals surface area contributed by atoms with E-state index in [4.69, 9.17) is 9.47 Å². The van der Waals surface area contributed by atoms with E-state index in [-0.39, 0.29) is 29.6 Å². The van der Waals surface area contributed by atoms with Crippen LogP contribution in [0.15, 0.2) is 29.3 Å². The van der Waals surface area contributed by atoms with Crippen molar-refractivity contribution in [1.82, 2.24) is 10.6 Å². The molecule has 0 heterocycles. The maximum absolute atomic E-state index is 6.18. The summed E-state index contributed by atoms with van der Waals surface area (Å²) in [5.74, 6) is 1.74. The van der Waals surface area contributed by atoms with Gasteiger partial charge in [-0.1, -0.05) is 18.2 Å². The van der Waals surface area contributed by atoms with Gasteiger partial charge in [-0.05, 0) is 45.6 Å². The van der Waals surface area contributed by atoms with Gasteiger partial charge >= 0.3 is 0 Å². The molecular weight excluding hydrogens is 429 g/mol. The third kappa shape index (κ3) is 7.40. The van der Waals surface area contributed by atoms with Crippen molar-refractivity contribution in [3.8, 4) is 5.75 Å². The van der Waals surface area contributed by atoms with Gasteiger partial charge in [-0.25, -0.2) is 0 Å². The second-order valence-electron chi connectivity index (χ2n) is 6.88. The SMILES string of the molecule is CN=C(NCc1ccccc1OC1CCCC1)NCC(C)(C)OC.I. The molecule has 1 aliphatic rings. The highest BCUT2D eigenvalue weighted by atomic mass is 127. The van der Waals surface area contributed by atoms with Gasteiger partial charge < -0.3 is 20.1 Å². The molecule has 0 unspecified atom stereocenters. The van der Waals surface area contributed by atoms with Crippen molar-refractivity contribution in [2.45, 2.75) is 57.8 Å². The summed E-state index contributed by atoms with van der Waals surface area (Å²) in [4.78, 5) is 4.27. The molecular formula is C19H32IN3O2. The molecule has 2 N–H and O–H groups in total. The van der Waals surface area contributed by atoms with E-state index in [0.29, 0.717) is 19.2 Å². The third-order valence-electron chi connectivity index (χ3n) is 4.47. The highest BCUT2D eigenvalue weighted by Crippen LogP contribution is 2.26. The molecule has 1 saturated carbocycles. The fourth-order valence-corrected chi connectivity index (χ4v) is 2.72. The maximum atomic E-state index is 6.18. The highest BCUT2D eigenvalue weighted by Gasteiger charge is 2.18. The summed E-state index contributed by atoms with van der Waals surface area (Å²) in [6.07, 6.45) is 5.24. The van der Waals surface area contributed by atoms with Crippen LogP contribution in [0.4, 0.5) is 0 Å². The number of para-hydroxylation sites is 1. The number of ether oxygens (including phenoxy) is 2. The molecule has 5 nitrogen and oxygen atoms in total. The predicted molar refractivity (Wildman–Crippen MR) is 114 cm³/mol. The van der Waals surface area contributed by atoms with Gasteiger partial charge in [-0.15, -0.1) is 24.0 Å². The van der Waals surface area contributed by atoms with E-state index < -0.39 is 0 Å². The Morgan fingerprint density at radius 3 is 2.52 bits per heavy atom. The minimum atomic E-state index is -0.235.